The molecule has 1 aromatic carbocycles. The van der Waals surface area contributed by atoms with Gasteiger partial charge in [-0.25, -0.2) is 0 Å². The number of benzene rings is 1. The van der Waals surface area contributed by atoms with Crippen LogP contribution in [0.4, 0.5) is 17.3 Å². The number of furan rings is 1. The molecule has 6 heteroatoms. The van der Waals surface area contributed by atoms with Gasteiger partial charge in [0.05, 0.1) is 11.2 Å². The number of pyridine rings is 1. The average Bonchev–Trinajstić information content (AvgIpc) is 2.71. The second-order valence-corrected chi connectivity index (χ2v) is 5.54. The highest BCUT2D eigenvalue weighted by Gasteiger charge is 2.12. The Morgan fingerprint density at radius 1 is 1.32 bits per heavy atom. The van der Waals surface area contributed by atoms with Crippen LogP contribution in [-0.2, 0) is 0 Å². The van der Waals surface area contributed by atoms with Gasteiger partial charge in [0.1, 0.15) is 5.69 Å². The Hall–Kier alpha value is -1.47. The van der Waals surface area contributed by atoms with E-state index >= 15 is 0 Å². The quantitative estimate of drug-likeness (QED) is 0.641. The molecular formula is C13H9ClIN3O. The van der Waals surface area contributed by atoms with Gasteiger partial charge < -0.3 is 15.5 Å². The minimum atomic E-state index is 0.331. The van der Waals surface area contributed by atoms with Crippen LogP contribution in [0.2, 0.25) is 5.02 Å². The van der Waals surface area contributed by atoms with Gasteiger partial charge in [-0.2, -0.15) is 0 Å². The van der Waals surface area contributed by atoms with E-state index in [0.29, 0.717) is 16.5 Å². The van der Waals surface area contributed by atoms with Crippen molar-refractivity contribution in [2.45, 2.75) is 0 Å². The Labute approximate surface area is 128 Å². The number of nitrogen functional groups attached to an aromatic ring is 1. The second-order valence-electron chi connectivity index (χ2n) is 3.97. The minimum Gasteiger partial charge on any atom is -0.437 e. The molecule has 0 spiro atoms. The van der Waals surface area contributed by atoms with Gasteiger partial charge >= 0.3 is 0 Å². The fourth-order valence-electron chi connectivity index (χ4n) is 1.82. The molecule has 0 aliphatic carbocycles. The van der Waals surface area contributed by atoms with Gasteiger partial charge in [-0.3, -0.25) is 4.98 Å². The largest absolute Gasteiger partial charge is 0.437 e. The maximum atomic E-state index is 6.10. The highest BCUT2D eigenvalue weighted by Crippen LogP contribution is 2.35. The third kappa shape index (κ3) is 2.35. The molecule has 0 saturated heterocycles. The van der Waals surface area contributed by atoms with E-state index in [0.717, 1.165) is 20.3 Å². The van der Waals surface area contributed by atoms with Crippen LogP contribution < -0.4 is 11.1 Å². The molecule has 0 aliphatic heterocycles. The third-order valence-electron chi connectivity index (χ3n) is 2.71. The van der Waals surface area contributed by atoms with E-state index in [1.54, 1.807) is 12.4 Å². The van der Waals surface area contributed by atoms with Crippen LogP contribution in [0.1, 0.15) is 0 Å². The number of hydrogen-bond acceptors (Lipinski definition) is 4. The number of nitrogens with zero attached hydrogens (tertiary/aromatic N) is 1. The Morgan fingerprint density at radius 2 is 2.16 bits per heavy atom. The van der Waals surface area contributed by atoms with Crippen molar-refractivity contribution < 1.29 is 4.42 Å². The summed E-state index contributed by atoms with van der Waals surface area (Å²) < 4.78 is 6.44. The van der Waals surface area contributed by atoms with E-state index in [1.165, 1.54) is 0 Å². The van der Waals surface area contributed by atoms with Crippen LogP contribution in [0, 0.1) is 3.57 Å². The van der Waals surface area contributed by atoms with Crippen molar-refractivity contribution in [3.63, 3.8) is 0 Å². The normalized spacial score (nSPS) is 10.8. The monoisotopic (exact) mass is 385 g/mol. The number of anilines is 3. The SMILES string of the molecule is Nc1oc2cnccc2c1Nc1ccc(I)c(Cl)c1. The summed E-state index contributed by atoms with van der Waals surface area (Å²) in [5.41, 5.74) is 8.12. The summed E-state index contributed by atoms with van der Waals surface area (Å²) in [5.74, 6) is 0.331. The van der Waals surface area contributed by atoms with Gasteiger partial charge in [-0.1, -0.05) is 11.6 Å². The summed E-state index contributed by atoms with van der Waals surface area (Å²) in [4.78, 5) is 4.00. The predicted molar refractivity (Wildman–Crippen MR) is 85.9 cm³/mol. The lowest BCUT2D eigenvalue weighted by atomic mass is 10.2. The Balaban J connectivity index is 2.05. The zero-order valence-corrected chi connectivity index (χ0v) is 12.6. The zero-order chi connectivity index (χ0) is 13.4. The van der Waals surface area contributed by atoms with Crippen molar-refractivity contribution in [1.82, 2.24) is 4.98 Å². The fraction of sp³-hybridized carbons (Fsp3) is 0. The van der Waals surface area contributed by atoms with E-state index in [9.17, 15) is 0 Å². The molecule has 3 aromatic rings. The maximum absolute atomic E-state index is 6.10. The zero-order valence-electron chi connectivity index (χ0n) is 9.65. The lowest BCUT2D eigenvalue weighted by molar-refractivity contribution is 0.636. The number of halogens is 2. The Morgan fingerprint density at radius 3 is 2.95 bits per heavy atom. The lowest BCUT2D eigenvalue weighted by Crippen LogP contribution is -1.93. The van der Waals surface area contributed by atoms with Crippen LogP contribution >= 0.6 is 34.2 Å². The van der Waals surface area contributed by atoms with Gasteiger partial charge in [0.25, 0.3) is 0 Å². The number of aromatic nitrogens is 1. The van der Waals surface area contributed by atoms with Crippen LogP contribution in [0.5, 0.6) is 0 Å². The van der Waals surface area contributed by atoms with Crippen LogP contribution in [0.3, 0.4) is 0 Å². The van der Waals surface area contributed by atoms with E-state index in [-0.39, 0.29) is 0 Å². The topological polar surface area (TPSA) is 64.1 Å². The van der Waals surface area contributed by atoms with Gasteiger partial charge in [-0.15, -0.1) is 0 Å². The van der Waals surface area contributed by atoms with Crippen molar-refractivity contribution in [2.24, 2.45) is 0 Å². The summed E-state index contributed by atoms with van der Waals surface area (Å²) in [6, 6.07) is 7.58. The average molecular weight is 386 g/mol. The molecule has 0 unspecified atom stereocenters. The number of hydrogen-bond donors (Lipinski definition) is 2. The van der Waals surface area contributed by atoms with E-state index in [2.05, 4.69) is 32.9 Å². The molecule has 0 amide bonds. The van der Waals surface area contributed by atoms with Crippen molar-refractivity contribution in [1.29, 1.82) is 0 Å². The van der Waals surface area contributed by atoms with E-state index < -0.39 is 0 Å². The molecule has 4 nitrogen and oxygen atoms in total. The van der Waals surface area contributed by atoms with E-state index in [4.69, 9.17) is 21.8 Å². The van der Waals surface area contributed by atoms with Gasteiger partial charge in [0.15, 0.2) is 5.58 Å². The molecule has 3 N–H and O–H groups in total. The summed E-state index contributed by atoms with van der Waals surface area (Å²) >= 11 is 8.28. The first-order valence-corrected chi connectivity index (χ1v) is 6.95. The smallest absolute Gasteiger partial charge is 0.215 e. The fourth-order valence-corrected chi connectivity index (χ4v) is 2.33. The molecule has 2 heterocycles. The van der Waals surface area contributed by atoms with Crippen LogP contribution in [0.15, 0.2) is 41.1 Å². The van der Waals surface area contributed by atoms with Crippen molar-refractivity contribution in [3.05, 3.63) is 45.3 Å². The molecule has 0 bridgehead atoms. The molecule has 0 atom stereocenters. The molecule has 0 aliphatic rings. The second kappa shape index (κ2) is 4.90. The van der Waals surface area contributed by atoms with Crippen LogP contribution in [0.25, 0.3) is 11.0 Å². The molecule has 0 saturated carbocycles. The van der Waals surface area contributed by atoms with Crippen LogP contribution in [-0.4, -0.2) is 4.98 Å². The predicted octanol–water partition coefficient (Wildman–Crippen LogP) is 4.41. The van der Waals surface area contributed by atoms with Gasteiger partial charge in [0, 0.05) is 20.8 Å². The summed E-state index contributed by atoms with van der Waals surface area (Å²) in [6.07, 6.45) is 3.33. The molecule has 0 radical (unpaired) electrons. The molecule has 0 fully saturated rings. The molecule has 2 aromatic heterocycles. The Bertz CT molecular complexity index is 757. The van der Waals surface area contributed by atoms with Crippen molar-refractivity contribution >= 4 is 62.4 Å². The summed E-state index contributed by atoms with van der Waals surface area (Å²) in [7, 11) is 0. The number of nitrogens with two attached hydrogens (primary N) is 1. The molecule has 19 heavy (non-hydrogen) atoms. The maximum Gasteiger partial charge on any atom is 0.215 e. The van der Waals surface area contributed by atoms with Gasteiger partial charge in [0.2, 0.25) is 5.88 Å². The molecular weight excluding hydrogens is 377 g/mol. The lowest BCUT2D eigenvalue weighted by Gasteiger charge is -2.06. The standard InChI is InChI=1S/C13H9ClIN3O/c14-9-5-7(1-2-10(9)15)18-12-8-3-4-17-6-11(8)19-13(12)16/h1-6,18H,16H2. The minimum absolute atomic E-state index is 0.331. The Kier molecular flexibility index (Phi) is 3.24. The molecule has 3 rings (SSSR count). The van der Waals surface area contributed by atoms with E-state index in [1.807, 2.05) is 24.3 Å². The highest BCUT2D eigenvalue weighted by atomic mass is 127. The number of fused-ring (bicyclic) bond motifs is 1. The van der Waals surface area contributed by atoms with Crippen molar-refractivity contribution in [3.8, 4) is 0 Å². The molecule has 96 valence electrons. The number of nitrogens with one attached hydrogen (secondary N) is 1. The highest BCUT2D eigenvalue weighted by molar-refractivity contribution is 14.1. The third-order valence-corrected chi connectivity index (χ3v) is 4.28. The number of rotatable bonds is 2. The van der Waals surface area contributed by atoms with Crippen molar-refractivity contribution in [2.75, 3.05) is 11.1 Å². The first-order chi connectivity index (χ1) is 9.15. The first-order valence-electron chi connectivity index (χ1n) is 5.49. The summed E-state index contributed by atoms with van der Waals surface area (Å²) in [6.45, 7) is 0. The van der Waals surface area contributed by atoms with Gasteiger partial charge in [-0.05, 0) is 46.9 Å². The summed E-state index contributed by atoms with van der Waals surface area (Å²) in [5, 5.41) is 4.81. The first kappa shape index (κ1) is 12.6.